The molecular formula is C12H13IN2O3. The average Bonchev–Trinajstić information content (AvgIpc) is 2.84. The third kappa shape index (κ3) is 2.99. The fourth-order valence-corrected chi connectivity index (χ4v) is 2.42. The lowest BCUT2D eigenvalue weighted by Crippen LogP contribution is -2.35. The van der Waals surface area contributed by atoms with E-state index in [1.54, 1.807) is 18.2 Å². The van der Waals surface area contributed by atoms with Crippen molar-refractivity contribution in [3.05, 3.63) is 27.3 Å². The topological polar surface area (TPSA) is 78.4 Å². The zero-order chi connectivity index (χ0) is 13.1. The normalized spacial score (nSPS) is 18.6. The number of carbonyl (C=O) groups is 2. The van der Waals surface area contributed by atoms with Crippen LogP contribution in [0.4, 0.5) is 5.69 Å². The van der Waals surface area contributed by atoms with Gasteiger partial charge in [-0.3, -0.25) is 4.79 Å². The van der Waals surface area contributed by atoms with Gasteiger partial charge in [-0.25, -0.2) is 4.79 Å². The minimum atomic E-state index is -1.04. The molecule has 1 aliphatic heterocycles. The molecule has 1 atom stereocenters. The molecule has 0 aromatic heterocycles. The zero-order valence-electron chi connectivity index (χ0n) is 9.57. The molecule has 1 aromatic carbocycles. The largest absolute Gasteiger partial charge is 0.478 e. The van der Waals surface area contributed by atoms with Crippen LogP contribution in [0, 0.1) is 3.57 Å². The molecule has 0 radical (unpaired) electrons. The van der Waals surface area contributed by atoms with E-state index in [1.807, 2.05) is 22.6 Å². The Morgan fingerprint density at radius 1 is 1.44 bits per heavy atom. The fourth-order valence-electron chi connectivity index (χ4n) is 1.93. The maximum Gasteiger partial charge on any atom is 0.337 e. The van der Waals surface area contributed by atoms with Crippen LogP contribution in [0.25, 0.3) is 0 Å². The van der Waals surface area contributed by atoms with Gasteiger partial charge >= 0.3 is 5.97 Å². The highest BCUT2D eigenvalue weighted by Crippen LogP contribution is 2.20. The van der Waals surface area contributed by atoms with Gasteiger partial charge in [0.05, 0.1) is 17.3 Å². The van der Waals surface area contributed by atoms with Gasteiger partial charge < -0.3 is 15.7 Å². The van der Waals surface area contributed by atoms with Gasteiger partial charge in [-0.2, -0.15) is 0 Å². The maximum absolute atomic E-state index is 11.9. The van der Waals surface area contributed by atoms with E-state index in [9.17, 15) is 9.59 Å². The SMILES string of the molecule is O=C(O)c1cc(I)ccc1NC(=O)[C@H]1CCCN1. The predicted molar refractivity (Wildman–Crippen MR) is 75.8 cm³/mol. The Labute approximate surface area is 118 Å². The van der Waals surface area contributed by atoms with Crippen molar-refractivity contribution in [2.45, 2.75) is 18.9 Å². The van der Waals surface area contributed by atoms with E-state index in [0.717, 1.165) is 23.0 Å². The Balaban J connectivity index is 2.17. The number of carboxylic acid groups (broad SMARTS) is 1. The standard InChI is InChI=1S/C12H13IN2O3/c13-7-3-4-9(8(6-7)12(17)18)15-11(16)10-2-1-5-14-10/h3-4,6,10,14H,1-2,5H2,(H,15,16)(H,17,18)/t10-/m1/s1. The highest BCUT2D eigenvalue weighted by molar-refractivity contribution is 14.1. The number of benzene rings is 1. The summed E-state index contributed by atoms with van der Waals surface area (Å²) in [7, 11) is 0. The summed E-state index contributed by atoms with van der Waals surface area (Å²) >= 11 is 2.04. The lowest BCUT2D eigenvalue weighted by molar-refractivity contribution is -0.117. The molecule has 1 aromatic rings. The van der Waals surface area contributed by atoms with Crippen molar-refractivity contribution >= 4 is 40.2 Å². The number of carbonyl (C=O) groups excluding carboxylic acids is 1. The number of nitrogens with one attached hydrogen (secondary N) is 2. The number of hydrogen-bond acceptors (Lipinski definition) is 3. The van der Waals surface area contributed by atoms with E-state index >= 15 is 0 Å². The molecule has 1 saturated heterocycles. The fraction of sp³-hybridized carbons (Fsp3) is 0.333. The smallest absolute Gasteiger partial charge is 0.337 e. The van der Waals surface area contributed by atoms with Crippen LogP contribution in [0.2, 0.25) is 0 Å². The summed E-state index contributed by atoms with van der Waals surface area (Å²) in [6, 6.07) is 4.72. The maximum atomic E-state index is 11.9. The van der Waals surface area contributed by atoms with Crippen molar-refractivity contribution in [1.82, 2.24) is 5.32 Å². The summed E-state index contributed by atoms with van der Waals surface area (Å²) < 4.78 is 0.821. The second kappa shape index (κ2) is 5.66. The lowest BCUT2D eigenvalue weighted by Gasteiger charge is -2.13. The van der Waals surface area contributed by atoms with Gasteiger partial charge in [-0.05, 0) is 60.2 Å². The van der Waals surface area contributed by atoms with E-state index in [0.29, 0.717) is 5.69 Å². The minimum Gasteiger partial charge on any atom is -0.478 e. The summed E-state index contributed by atoms with van der Waals surface area (Å²) in [6.45, 7) is 0.830. The molecule has 0 spiro atoms. The predicted octanol–water partition coefficient (Wildman–Crippen LogP) is 1.68. The van der Waals surface area contributed by atoms with E-state index in [4.69, 9.17) is 5.11 Å². The molecule has 0 unspecified atom stereocenters. The average molecular weight is 360 g/mol. The molecule has 1 heterocycles. The molecule has 6 heteroatoms. The van der Waals surface area contributed by atoms with Crippen LogP contribution in [-0.2, 0) is 4.79 Å². The summed E-state index contributed by atoms with van der Waals surface area (Å²) in [6.07, 6.45) is 1.76. The highest BCUT2D eigenvalue weighted by atomic mass is 127. The summed E-state index contributed by atoms with van der Waals surface area (Å²) in [5.74, 6) is -1.21. The molecule has 0 aliphatic carbocycles. The van der Waals surface area contributed by atoms with E-state index in [-0.39, 0.29) is 17.5 Å². The molecular weight excluding hydrogens is 347 g/mol. The third-order valence-electron chi connectivity index (χ3n) is 2.85. The monoisotopic (exact) mass is 360 g/mol. The van der Waals surface area contributed by atoms with Gasteiger partial charge in [-0.15, -0.1) is 0 Å². The quantitative estimate of drug-likeness (QED) is 0.717. The Kier molecular flexibility index (Phi) is 4.18. The Hall–Kier alpha value is -1.15. The summed E-state index contributed by atoms with van der Waals surface area (Å²) in [4.78, 5) is 23.0. The van der Waals surface area contributed by atoms with E-state index in [2.05, 4.69) is 10.6 Å². The van der Waals surface area contributed by atoms with Gasteiger partial charge in [0.15, 0.2) is 0 Å². The third-order valence-corrected chi connectivity index (χ3v) is 3.52. The lowest BCUT2D eigenvalue weighted by atomic mass is 10.1. The molecule has 1 amide bonds. The van der Waals surface area contributed by atoms with Gasteiger partial charge in [0.1, 0.15) is 0 Å². The zero-order valence-corrected chi connectivity index (χ0v) is 11.7. The van der Waals surface area contributed by atoms with Crippen LogP contribution in [0.15, 0.2) is 18.2 Å². The first-order valence-electron chi connectivity index (χ1n) is 5.65. The van der Waals surface area contributed by atoms with Crippen LogP contribution in [0.3, 0.4) is 0 Å². The summed E-state index contributed by atoms with van der Waals surface area (Å²) in [5, 5.41) is 14.8. The first-order valence-corrected chi connectivity index (χ1v) is 6.73. The number of carboxylic acids is 1. The van der Waals surface area contributed by atoms with Crippen molar-refractivity contribution in [3.8, 4) is 0 Å². The van der Waals surface area contributed by atoms with Gasteiger partial charge in [0, 0.05) is 3.57 Å². The number of hydrogen-bond donors (Lipinski definition) is 3. The van der Waals surface area contributed by atoms with Crippen LogP contribution >= 0.6 is 22.6 Å². The van der Waals surface area contributed by atoms with Gasteiger partial charge in [-0.1, -0.05) is 0 Å². The molecule has 0 saturated carbocycles. The van der Waals surface area contributed by atoms with Crippen LogP contribution in [0.1, 0.15) is 23.2 Å². The molecule has 18 heavy (non-hydrogen) atoms. The van der Waals surface area contributed by atoms with Crippen molar-refractivity contribution in [2.24, 2.45) is 0 Å². The van der Waals surface area contributed by atoms with Crippen LogP contribution in [-0.4, -0.2) is 29.6 Å². The van der Waals surface area contributed by atoms with Crippen LogP contribution in [0.5, 0.6) is 0 Å². The number of halogens is 1. The van der Waals surface area contributed by atoms with E-state index < -0.39 is 5.97 Å². The van der Waals surface area contributed by atoms with E-state index in [1.165, 1.54) is 0 Å². The number of aromatic carboxylic acids is 1. The number of anilines is 1. The molecule has 2 rings (SSSR count). The molecule has 3 N–H and O–H groups in total. The highest BCUT2D eigenvalue weighted by Gasteiger charge is 2.23. The first-order chi connectivity index (χ1) is 8.58. The summed E-state index contributed by atoms with van der Waals surface area (Å²) in [5.41, 5.74) is 0.467. The van der Waals surface area contributed by atoms with Gasteiger partial charge in [0.25, 0.3) is 0 Å². The molecule has 1 fully saturated rings. The molecule has 5 nitrogen and oxygen atoms in total. The number of amides is 1. The van der Waals surface area contributed by atoms with Crippen molar-refractivity contribution in [1.29, 1.82) is 0 Å². The second-order valence-electron chi connectivity index (χ2n) is 4.13. The Morgan fingerprint density at radius 3 is 2.83 bits per heavy atom. The van der Waals surface area contributed by atoms with Crippen molar-refractivity contribution < 1.29 is 14.7 Å². The Bertz CT molecular complexity index is 484. The first kappa shape index (κ1) is 13.3. The van der Waals surface area contributed by atoms with Crippen molar-refractivity contribution in [2.75, 3.05) is 11.9 Å². The Morgan fingerprint density at radius 2 is 2.22 bits per heavy atom. The minimum absolute atomic E-state index is 0.119. The van der Waals surface area contributed by atoms with Gasteiger partial charge in [0.2, 0.25) is 5.91 Å². The molecule has 1 aliphatic rings. The number of rotatable bonds is 3. The van der Waals surface area contributed by atoms with Crippen LogP contribution < -0.4 is 10.6 Å². The molecule has 0 bridgehead atoms. The second-order valence-corrected chi connectivity index (χ2v) is 5.38. The van der Waals surface area contributed by atoms with Crippen molar-refractivity contribution in [3.63, 3.8) is 0 Å². The molecule has 96 valence electrons.